The first-order valence-corrected chi connectivity index (χ1v) is 6.46. The van der Waals surface area contributed by atoms with Crippen molar-refractivity contribution in [1.82, 2.24) is 10.1 Å². The smallest absolute Gasteiger partial charge is 0.342 e. The summed E-state index contributed by atoms with van der Waals surface area (Å²) in [5, 5.41) is 3.81. The van der Waals surface area contributed by atoms with E-state index in [1.165, 1.54) is 0 Å². The Hall–Kier alpha value is -2.11. The first-order valence-electron chi connectivity index (χ1n) is 6.46. The molecule has 0 amide bonds. The quantitative estimate of drug-likeness (QED) is 0.800. The van der Waals surface area contributed by atoms with Crippen molar-refractivity contribution in [2.45, 2.75) is 47.1 Å². The van der Waals surface area contributed by atoms with E-state index in [-0.39, 0.29) is 18.4 Å². The third-order valence-electron chi connectivity index (χ3n) is 3.09. The molecule has 20 heavy (non-hydrogen) atoms. The molecule has 2 rings (SSSR count). The molecule has 0 aliphatic carbocycles. The van der Waals surface area contributed by atoms with Crippen LogP contribution in [0, 0.1) is 20.8 Å². The minimum atomic E-state index is -0.443. The molecule has 0 saturated heterocycles. The predicted molar refractivity (Wildman–Crippen MR) is 70.4 cm³/mol. The van der Waals surface area contributed by atoms with E-state index < -0.39 is 5.97 Å². The fraction of sp³-hybridized carbons (Fsp3) is 0.500. The second-order valence-electron chi connectivity index (χ2n) is 4.99. The Bertz CT molecular complexity index is 625. The van der Waals surface area contributed by atoms with Crippen LogP contribution in [0.15, 0.2) is 8.94 Å². The molecule has 2 heterocycles. The molecule has 0 fully saturated rings. The number of rotatable bonds is 4. The van der Waals surface area contributed by atoms with Crippen LogP contribution in [-0.4, -0.2) is 16.1 Å². The third kappa shape index (κ3) is 2.74. The van der Waals surface area contributed by atoms with Gasteiger partial charge in [-0.1, -0.05) is 19.0 Å². The number of aryl methyl sites for hydroxylation is 2. The molecule has 2 aromatic rings. The van der Waals surface area contributed by atoms with E-state index in [4.69, 9.17) is 13.7 Å². The molecular formula is C14H18N2O4. The molecule has 0 bridgehead atoms. The van der Waals surface area contributed by atoms with Gasteiger partial charge in [0.2, 0.25) is 0 Å². The summed E-state index contributed by atoms with van der Waals surface area (Å²) < 4.78 is 15.6. The molecule has 6 nitrogen and oxygen atoms in total. The molecule has 6 heteroatoms. The van der Waals surface area contributed by atoms with Gasteiger partial charge in [-0.2, -0.15) is 4.98 Å². The maximum atomic E-state index is 12.0. The Morgan fingerprint density at radius 2 is 1.95 bits per heavy atom. The van der Waals surface area contributed by atoms with E-state index >= 15 is 0 Å². The van der Waals surface area contributed by atoms with E-state index in [0.29, 0.717) is 22.9 Å². The van der Waals surface area contributed by atoms with Crippen LogP contribution in [0.25, 0.3) is 0 Å². The molecule has 108 valence electrons. The Kier molecular flexibility index (Phi) is 3.92. The molecule has 2 aromatic heterocycles. The molecule has 0 aromatic carbocycles. The predicted octanol–water partition coefficient (Wildman–Crippen LogP) is 3.07. The van der Waals surface area contributed by atoms with Crippen molar-refractivity contribution in [3.63, 3.8) is 0 Å². The molecular weight excluding hydrogens is 260 g/mol. The summed E-state index contributed by atoms with van der Waals surface area (Å²) in [7, 11) is 0. The van der Waals surface area contributed by atoms with Crippen LogP contribution in [0.2, 0.25) is 0 Å². The summed E-state index contributed by atoms with van der Waals surface area (Å²) in [6.45, 7) is 9.25. The SMILES string of the molecule is Cc1oc(C)c(C(=O)OCc2nc(C(C)C)no2)c1C. The van der Waals surface area contributed by atoms with Crippen molar-refractivity contribution in [2.24, 2.45) is 0 Å². The number of carbonyl (C=O) groups excluding carboxylic acids is 1. The Balaban J connectivity index is 2.05. The fourth-order valence-electron chi connectivity index (χ4n) is 1.85. The van der Waals surface area contributed by atoms with Gasteiger partial charge in [-0.05, 0) is 20.8 Å². The number of furan rings is 1. The summed E-state index contributed by atoms with van der Waals surface area (Å²) in [4.78, 5) is 16.2. The summed E-state index contributed by atoms with van der Waals surface area (Å²) in [5.41, 5.74) is 1.26. The van der Waals surface area contributed by atoms with Crippen molar-refractivity contribution >= 4 is 5.97 Å². The zero-order valence-corrected chi connectivity index (χ0v) is 12.3. The van der Waals surface area contributed by atoms with Crippen molar-refractivity contribution in [3.8, 4) is 0 Å². The zero-order valence-electron chi connectivity index (χ0n) is 12.3. The molecule has 0 radical (unpaired) electrons. The standard InChI is InChI=1S/C14H18N2O4/c1-7(2)13-15-11(20-16-13)6-18-14(17)12-8(3)9(4)19-10(12)5/h7H,6H2,1-5H3. The van der Waals surface area contributed by atoms with E-state index in [0.717, 1.165) is 5.56 Å². The summed E-state index contributed by atoms with van der Waals surface area (Å²) in [6.07, 6.45) is 0. The van der Waals surface area contributed by atoms with Gasteiger partial charge in [0.1, 0.15) is 17.1 Å². The average Bonchev–Trinajstić information content (AvgIpc) is 2.93. The summed E-state index contributed by atoms with van der Waals surface area (Å²) >= 11 is 0. The molecule has 0 saturated carbocycles. The third-order valence-corrected chi connectivity index (χ3v) is 3.09. The Morgan fingerprint density at radius 1 is 1.25 bits per heavy atom. The van der Waals surface area contributed by atoms with Gasteiger partial charge in [0.15, 0.2) is 12.4 Å². The van der Waals surface area contributed by atoms with Gasteiger partial charge >= 0.3 is 5.97 Å². The van der Waals surface area contributed by atoms with Gasteiger partial charge < -0.3 is 13.7 Å². The van der Waals surface area contributed by atoms with Gasteiger partial charge in [0.25, 0.3) is 5.89 Å². The van der Waals surface area contributed by atoms with Gasteiger partial charge in [-0.3, -0.25) is 0 Å². The van der Waals surface area contributed by atoms with E-state index in [2.05, 4.69) is 10.1 Å². The van der Waals surface area contributed by atoms with Crippen LogP contribution < -0.4 is 0 Å². The number of esters is 1. The van der Waals surface area contributed by atoms with Crippen LogP contribution in [-0.2, 0) is 11.3 Å². The van der Waals surface area contributed by atoms with Gasteiger partial charge in [-0.15, -0.1) is 0 Å². The van der Waals surface area contributed by atoms with E-state index in [1.54, 1.807) is 6.92 Å². The molecule has 0 N–H and O–H groups in total. The van der Waals surface area contributed by atoms with E-state index in [1.807, 2.05) is 27.7 Å². The number of nitrogens with zero attached hydrogens (tertiary/aromatic N) is 2. The van der Waals surface area contributed by atoms with Crippen LogP contribution in [0.5, 0.6) is 0 Å². The second kappa shape index (κ2) is 5.48. The van der Waals surface area contributed by atoms with Crippen molar-refractivity contribution in [2.75, 3.05) is 0 Å². The minimum Gasteiger partial charge on any atom is -0.465 e. The maximum Gasteiger partial charge on any atom is 0.342 e. The number of carbonyl (C=O) groups is 1. The van der Waals surface area contributed by atoms with Crippen LogP contribution in [0.4, 0.5) is 0 Å². The van der Waals surface area contributed by atoms with Crippen LogP contribution in [0.1, 0.15) is 58.9 Å². The minimum absolute atomic E-state index is 0.0400. The number of hydrogen-bond acceptors (Lipinski definition) is 6. The fourth-order valence-corrected chi connectivity index (χ4v) is 1.85. The van der Waals surface area contributed by atoms with Gasteiger partial charge in [-0.25, -0.2) is 4.79 Å². The van der Waals surface area contributed by atoms with Gasteiger partial charge in [0.05, 0.1) is 0 Å². The average molecular weight is 278 g/mol. The topological polar surface area (TPSA) is 78.4 Å². The first-order chi connectivity index (χ1) is 9.40. The molecule has 0 spiro atoms. The molecule has 0 aliphatic rings. The number of aromatic nitrogens is 2. The summed E-state index contributed by atoms with van der Waals surface area (Å²) in [5.74, 6) is 1.89. The van der Waals surface area contributed by atoms with Crippen molar-refractivity contribution in [1.29, 1.82) is 0 Å². The highest BCUT2D eigenvalue weighted by Gasteiger charge is 2.21. The molecule has 0 aliphatic heterocycles. The lowest BCUT2D eigenvalue weighted by Gasteiger charge is -2.01. The molecule has 0 unspecified atom stereocenters. The second-order valence-corrected chi connectivity index (χ2v) is 4.99. The first kappa shape index (κ1) is 14.3. The number of hydrogen-bond donors (Lipinski definition) is 0. The zero-order chi connectivity index (χ0) is 14.9. The molecule has 0 atom stereocenters. The van der Waals surface area contributed by atoms with Gasteiger partial charge in [0, 0.05) is 11.5 Å². The van der Waals surface area contributed by atoms with Crippen LogP contribution >= 0.6 is 0 Å². The normalized spacial score (nSPS) is 11.1. The highest BCUT2D eigenvalue weighted by Crippen LogP contribution is 2.22. The Labute approximate surface area is 117 Å². The summed E-state index contributed by atoms with van der Waals surface area (Å²) in [6, 6.07) is 0. The lowest BCUT2D eigenvalue weighted by Crippen LogP contribution is -2.07. The maximum absolute atomic E-state index is 12.0. The monoisotopic (exact) mass is 278 g/mol. The highest BCUT2D eigenvalue weighted by molar-refractivity contribution is 5.92. The number of ether oxygens (including phenoxy) is 1. The van der Waals surface area contributed by atoms with E-state index in [9.17, 15) is 4.79 Å². The van der Waals surface area contributed by atoms with Crippen molar-refractivity contribution in [3.05, 3.63) is 34.4 Å². The largest absolute Gasteiger partial charge is 0.465 e. The lowest BCUT2D eigenvalue weighted by molar-refractivity contribution is 0.0427. The Morgan fingerprint density at radius 3 is 2.45 bits per heavy atom. The van der Waals surface area contributed by atoms with Crippen molar-refractivity contribution < 1.29 is 18.5 Å². The van der Waals surface area contributed by atoms with Crippen LogP contribution in [0.3, 0.4) is 0 Å². The lowest BCUT2D eigenvalue weighted by atomic mass is 10.1. The highest BCUT2D eigenvalue weighted by atomic mass is 16.6.